The lowest BCUT2D eigenvalue weighted by molar-refractivity contribution is 0.342. The third kappa shape index (κ3) is 5.26. The van der Waals surface area contributed by atoms with Gasteiger partial charge in [-0.2, -0.15) is 0 Å². The van der Waals surface area contributed by atoms with Gasteiger partial charge in [0, 0.05) is 24.8 Å². The predicted molar refractivity (Wildman–Crippen MR) is 105 cm³/mol. The molecule has 0 amide bonds. The molecule has 0 atom stereocenters. The van der Waals surface area contributed by atoms with Crippen LogP contribution in [0.2, 0.25) is 0 Å². The fourth-order valence-electron chi connectivity index (χ4n) is 2.50. The fourth-order valence-corrected chi connectivity index (χ4v) is 2.50. The zero-order valence-electron chi connectivity index (χ0n) is 16.0. The van der Waals surface area contributed by atoms with E-state index in [0.717, 1.165) is 18.1 Å². The molecule has 3 rings (SSSR count). The van der Waals surface area contributed by atoms with Gasteiger partial charge in [0.2, 0.25) is 11.6 Å². The Labute approximate surface area is 159 Å². The average Bonchev–Trinajstić information content (AvgIpc) is 3.51. The van der Waals surface area contributed by atoms with Gasteiger partial charge in [-0.25, -0.2) is 9.98 Å². The summed E-state index contributed by atoms with van der Waals surface area (Å²) in [6, 6.07) is 9.81. The third-order valence-corrected chi connectivity index (χ3v) is 4.07. The molecule has 2 N–H and O–H groups in total. The molecule has 1 aliphatic rings. The van der Waals surface area contributed by atoms with E-state index in [1.165, 1.54) is 12.8 Å². The van der Waals surface area contributed by atoms with Gasteiger partial charge in [0.25, 0.3) is 0 Å². The Morgan fingerprint density at radius 3 is 2.44 bits per heavy atom. The van der Waals surface area contributed by atoms with Gasteiger partial charge in [-0.1, -0.05) is 12.1 Å². The lowest BCUT2D eigenvalue weighted by Gasteiger charge is -2.13. The van der Waals surface area contributed by atoms with Crippen LogP contribution in [0, 0.1) is 0 Å². The molecule has 0 saturated heterocycles. The van der Waals surface area contributed by atoms with E-state index in [9.17, 15) is 0 Å². The molecule has 1 fully saturated rings. The minimum Gasteiger partial charge on any atom is -0.493 e. The number of nitrogens with zero attached hydrogens (tertiary/aromatic N) is 2. The number of ether oxygens (including phenoxy) is 3. The molecule has 0 aliphatic heterocycles. The van der Waals surface area contributed by atoms with E-state index >= 15 is 0 Å². The van der Waals surface area contributed by atoms with Gasteiger partial charge in [0.1, 0.15) is 0 Å². The fraction of sp³-hybridized carbons (Fsp3) is 0.400. The number of guanidine groups is 1. The Hall–Kier alpha value is -2.96. The average molecular weight is 370 g/mol. The molecule has 27 heavy (non-hydrogen) atoms. The summed E-state index contributed by atoms with van der Waals surface area (Å²) in [5.74, 6) is 2.99. The second kappa shape index (κ2) is 9.12. The van der Waals surface area contributed by atoms with Crippen LogP contribution in [0.15, 0.2) is 41.5 Å². The van der Waals surface area contributed by atoms with Gasteiger partial charge < -0.3 is 24.8 Å². The predicted octanol–water partition coefficient (Wildman–Crippen LogP) is 3.11. The first-order chi connectivity index (χ1) is 13.2. The van der Waals surface area contributed by atoms with E-state index in [1.54, 1.807) is 20.4 Å². The van der Waals surface area contributed by atoms with Crippen LogP contribution in [-0.4, -0.2) is 37.7 Å². The van der Waals surface area contributed by atoms with Crippen LogP contribution >= 0.6 is 0 Å². The van der Waals surface area contributed by atoms with E-state index in [0.29, 0.717) is 35.7 Å². The number of aromatic nitrogens is 1. The van der Waals surface area contributed by atoms with Crippen molar-refractivity contribution >= 4 is 5.96 Å². The molecule has 1 aromatic heterocycles. The molecule has 7 nitrogen and oxygen atoms in total. The summed E-state index contributed by atoms with van der Waals surface area (Å²) in [7, 11) is 3.18. The van der Waals surface area contributed by atoms with Crippen molar-refractivity contribution in [3.8, 4) is 23.1 Å². The number of hydrogen-bond acceptors (Lipinski definition) is 5. The summed E-state index contributed by atoms with van der Waals surface area (Å²) in [6.07, 6.45) is 4.19. The summed E-state index contributed by atoms with van der Waals surface area (Å²) < 4.78 is 16.6. The van der Waals surface area contributed by atoms with E-state index in [2.05, 4.69) is 27.5 Å². The summed E-state index contributed by atoms with van der Waals surface area (Å²) >= 11 is 0. The number of hydrogen-bond donors (Lipinski definition) is 2. The van der Waals surface area contributed by atoms with Crippen LogP contribution in [-0.2, 0) is 6.54 Å². The van der Waals surface area contributed by atoms with Crippen LogP contribution in [0.4, 0.5) is 0 Å². The normalized spacial score (nSPS) is 13.8. The van der Waals surface area contributed by atoms with E-state index in [1.807, 2.05) is 30.3 Å². The van der Waals surface area contributed by atoms with Crippen LogP contribution < -0.4 is 24.8 Å². The second-order valence-electron chi connectivity index (χ2n) is 6.21. The van der Waals surface area contributed by atoms with Crippen molar-refractivity contribution in [2.24, 2.45) is 4.99 Å². The van der Waals surface area contributed by atoms with Crippen molar-refractivity contribution in [1.29, 1.82) is 0 Å². The number of aliphatic imine (C=N–C) groups is 1. The quantitative estimate of drug-likeness (QED) is 0.549. The van der Waals surface area contributed by atoms with Gasteiger partial charge in [0.05, 0.1) is 20.8 Å². The number of benzene rings is 1. The smallest absolute Gasteiger partial charge is 0.219 e. The maximum absolute atomic E-state index is 5.88. The van der Waals surface area contributed by atoms with Crippen LogP contribution in [0.25, 0.3) is 0 Å². The van der Waals surface area contributed by atoms with Gasteiger partial charge in [-0.15, -0.1) is 0 Å². The number of nitrogens with one attached hydrogen (secondary N) is 2. The molecular formula is C20H26N4O3. The molecule has 7 heteroatoms. The van der Waals surface area contributed by atoms with Crippen molar-refractivity contribution in [2.75, 3.05) is 20.8 Å². The Bertz CT molecular complexity index is 751. The molecule has 1 aromatic carbocycles. The maximum Gasteiger partial charge on any atom is 0.219 e. The standard InChI is InChI=1S/C20H26N4O3/c1-4-21-20(24-15-9-10-15)23-13-14-8-11-18(22-12-14)27-19-16(25-2)6-5-7-17(19)26-3/h5-8,11-12,15H,4,9-10,13H2,1-3H3,(H2,21,23,24). The Balaban J connectivity index is 1.67. The lowest BCUT2D eigenvalue weighted by Crippen LogP contribution is -2.38. The molecule has 0 unspecified atom stereocenters. The van der Waals surface area contributed by atoms with Crippen LogP contribution in [0.1, 0.15) is 25.3 Å². The lowest BCUT2D eigenvalue weighted by atomic mass is 10.3. The highest BCUT2D eigenvalue weighted by atomic mass is 16.5. The van der Waals surface area contributed by atoms with Crippen molar-refractivity contribution < 1.29 is 14.2 Å². The molecule has 1 heterocycles. The topological polar surface area (TPSA) is 77.0 Å². The molecule has 1 aliphatic carbocycles. The molecule has 144 valence electrons. The van der Waals surface area contributed by atoms with Crippen molar-refractivity contribution in [3.63, 3.8) is 0 Å². The first-order valence-corrected chi connectivity index (χ1v) is 9.12. The zero-order valence-corrected chi connectivity index (χ0v) is 16.0. The largest absolute Gasteiger partial charge is 0.493 e. The molecule has 0 spiro atoms. The van der Waals surface area contributed by atoms with Gasteiger partial charge >= 0.3 is 0 Å². The second-order valence-corrected chi connectivity index (χ2v) is 6.21. The highest BCUT2D eigenvalue weighted by Gasteiger charge is 2.22. The highest BCUT2D eigenvalue weighted by Crippen LogP contribution is 2.39. The monoisotopic (exact) mass is 370 g/mol. The minimum atomic E-state index is 0.466. The van der Waals surface area contributed by atoms with Gasteiger partial charge in [-0.05, 0) is 37.5 Å². The summed E-state index contributed by atoms with van der Waals surface area (Å²) in [5, 5.41) is 6.66. The van der Waals surface area contributed by atoms with Gasteiger partial charge in [-0.3, -0.25) is 0 Å². The number of methoxy groups -OCH3 is 2. The van der Waals surface area contributed by atoms with E-state index in [-0.39, 0.29) is 0 Å². The molecule has 0 radical (unpaired) electrons. The Kier molecular flexibility index (Phi) is 6.35. The summed E-state index contributed by atoms with van der Waals surface area (Å²) in [4.78, 5) is 8.98. The summed E-state index contributed by atoms with van der Waals surface area (Å²) in [5.41, 5.74) is 1.00. The van der Waals surface area contributed by atoms with Crippen molar-refractivity contribution in [1.82, 2.24) is 15.6 Å². The first kappa shape index (κ1) is 18.8. The molecular weight excluding hydrogens is 344 g/mol. The number of para-hydroxylation sites is 1. The number of pyridine rings is 1. The molecule has 1 saturated carbocycles. The van der Waals surface area contributed by atoms with E-state index < -0.39 is 0 Å². The van der Waals surface area contributed by atoms with Crippen LogP contribution in [0.3, 0.4) is 0 Å². The SMILES string of the molecule is CCNC(=NCc1ccc(Oc2c(OC)cccc2OC)nc1)NC1CC1. The molecule has 2 aromatic rings. The summed E-state index contributed by atoms with van der Waals surface area (Å²) in [6.45, 7) is 3.45. The minimum absolute atomic E-state index is 0.466. The maximum atomic E-state index is 5.88. The van der Waals surface area contributed by atoms with Crippen LogP contribution in [0.5, 0.6) is 23.1 Å². The molecule has 0 bridgehead atoms. The van der Waals surface area contributed by atoms with Gasteiger partial charge in [0.15, 0.2) is 17.5 Å². The third-order valence-electron chi connectivity index (χ3n) is 4.07. The highest BCUT2D eigenvalue weighted by molar-refractivity contribution is 5.80. The zero-order chi connectivity index (χ0) is 19.1. The van der Waals surface area contributed by atoms with Crippen molar-refractivity contribution in [3.05, 3.63) is 42.1 Å². The van der Waals surface area contributed by atoms with E-state index in [4.69, 9.17) is 14.2 Å². The Morgan fingerprint density at radius 2 is 1.89 bits per heavy atom. The Morgan fingerprint density at radius 1 is 1.15 bits per heavy atom. The number of rotatable bonds is 8. The first-order valence-electron chi connectivity index (χ1n) is 9.12. The van der Waals surface area contributed by atoms with Crippen molar-refractivity contribution in [2.45, 2.75) is 32.4 Å².